The van der Waals surface area contributed by atoms with Crippen LogP contribution in [0.4, 0.5) is 5.69 Å². The lowest BCUT2D eigenvalue weighted by atomic mass is 10.3. The molecule has 0 unspecified atom stereocenters. The Balaban J connectivity index is 2.30. The van der Waals surface area contributed by atoms with E-state index in [9.17, 15) is 9.59 Å². The van der Waals surface area contributed by atoms with Gasteiger partial charge in [-0.2, -0.15) is 0 Å². The first kappa shape index (κ1) is 13.7. The molecule has 2 amide bonds. The maximum absolute atomic E-state index is 11.5. The number of carbonyl (C=O) groups excluding carboxylic acids is 2. The molecule has 1 aromatic carbocycles. The minimum atomic E-state index is -0.263. The Morgan fingerprint density at radius 2 is 1.82 bits per heavy atom. The molecule has 0 aliphatic heterocycles. The zero-order chi connectivity index (χ0) is 12.7. The fourth-order valence-electron chi connectivity index (χ4n) is 1.14. The van der Waals surface area contributed by atoms with Crippen LogP contribution in [0.1, 0.15) is 6.42 Å². The van der Waals surface area contributed by atoms with Crippen LogP contribution in [0.2, 0.25) is 0 Å². The van der Waals surface area contributed by atoms with Gasteiger partial charge in [-0.05, 0) is 24.3 Å². The fraction of sp³-hybridized carbons (Fsp3) is 0.273. The van der Waals surface area contributed by atoms with E-state index in [1.54, 1.807) is 12.1 Å². The van der Waals surface area contributed by atoms with Gasteiger partial charge in [-0.3, -0.25) is 9.59 Å². The topological polar surface area (TPSA) is 84.2 Å². The highest BCUT2D eigenvalue weighted by molar-refractivity contribution is 9.10. The van der Waals surface area contributed by atoms with Crippen molar-refractivity contribution in [2.45, 2.75) is 6.42 Å². The summed E-state index contributed by atoms with van der Waals surface area (Å²) >= 11 is 3.31. The molecule has 6 heteroatoms. The summed E-state index contributed by atoms with van der Waals surface area (Å²) in [6.07, 6.45) is 0.224. The van der Waals surface area contributed by atoms with Gasteiger partial charge in [0.15, 0.2) is 0 Å². The monoisotopic (exact) mass is 299 g/mol. The van der Waals surface area contributed by atoms with Crippen LogP contribution in [0, 0.1) is 0 Å². The Labute approximate surface area is 108 Å². The summed E-state index contributed by atoms with van der Waals surface area (Å²) in [5.74, 6) is -0.411. The number of anilines is 1. The maximum atomic E-state index is 11.5. The summed E-state index contributed by atoms with van der Waals surface area (Å²) in [5, 5.41) is 5.24. The zero-order valence-electron chi connectivity index (χ0n) is 9.20. The van der Waals surface area contributed by atoms with Crippen LogP contribution in [0.5, 0.6) is 0 Å². The van der Waals surface area contributed by atoms with Crippen molar-refractivity contribution in [1.29, 1.82) is 0 Å². The molecule has 0 aromatic heterocycles. The molecule has 0 radical (unpaired) electrons. The number of carbonyl (C=O) groups is 2. The highest BCUT2D eigenvalue weighted by Crippen LogP contribution is 2.13. The molecule has 4 N–H and O–H groups in total. The quantitative estimate of drug-likeness (QED) is 0.754. The predicted octanol–water partition coefficient (Wildman–Crippen LogP) is 0.853. The van der Waals surface area contributed by atoms with Crippen molar-refractivity contribution in [3.05, 3.63) is 28.7 Å². The molecule has 0 saturated carbocycles. The SMILES string of the molecule is NCC(=O)NCCC(=O)Nc1ccc(Br)cc1. The van der Waals surface area contributed by atoms with Gasteiger partial charge >= 0.3 is 0 Å². The van der Waals surface area contributed by atoms with Crippen LogP contribution < -0.4 is 16.4 Å². The van der Waals surface area contributed by atoms with Crippen molar-refractivity contribution < 1.29 is 9.59 Å². The molecule has 0 bridgehead atoms. The van der Waals surface area contributed by atoms with Gasteiger partial charge in [0.2, 0.25) is 11.8 Å². The van der Waals surface area contributed by atoms with Crippen molar-refractivity contribution >= 4 is 33.4 Å². The molecule has 0 aliphatic rings. The van der Waals surface area contributed by atoms with Crippen LogP contribution in [0.15, 0.2) is 28.7 Å². The Morgan fingerprint density at radius 1 is 1.18 bits per heavy atom. The van der Waals surface area contributed by atoms with E-state index in [1.807, 2.05) is 12.1 Å². The second kappa shape index (κ2) is 7.03. The summed E-state index contributed by atoms with van der Waals surface area (Å²) < 4.78 is 0.950. The minimum Gasteiger partial charge on any atom is -0.354 e. The Bertz CT molecular complexity index is 392. The summed E-state index contributed by atoms with van der Waals surface area (Å²) in [5.41, 5.74) is 5.83. The van der Waals surface area contributed by atoms with Gasteiger partial charge in [0.1, 0.15) is 0 Å². The number of benzene rings is 1. The smallest absolute Gasteiger partial charge is 0.233 e. The van der Waals surface area contributed by atoms with Crippen LogP contribution in [0.25, 0.3) is 0 Å². The standard InChI is InChI=1S/C11H14BrN3O2/c12-8-1-3-9(4-2-8)15-10(16)5-6-14-11(17)7-13/h1-4H,5-7,13H2,(H,14,17)(H,15,16). The molecule has 92 valence electrons. The molecule has 0 aliphatic carbocycles. The number of nitrogens with two attached hydrogens (primary N) is 1. The van der Waals surface area contributed by atoms with Gasteiger partial charge in [0, 0.05) is 23.1 Å². The van der Waals surface area contributed by atoms with E-state index in [1.165, 1.54) is 0 Å². The van der Waals surface area contributed by atoms with Gasteiger partial charge in [-0.1, -0.05) is 15.9 Å². The first-order chi connectivity index (χ1) is 8.11. The lowest BCUT2D eigenvalue weighted by Crippen LogP contribution is -2.32. The molecule has 1 rings (SSSR count). The molecule has 5 nitrogen and oxygen atoms in total. The van der Waals surface area contributed by atoms with E-state index in [4.69, 9.17) is 5.73 Å². The number of rotatable bonds is 5. The largest absolute Gasteiger partial charge is 0.354 e. The van der Waals surface area contributed by atoms with E-state index in [0.717, 1.165) is 10.2 Å². The number of halogens is 1. The van der Waals surface area contributed by atoms with E-state index in [-0.39, 0.29) is 24.8 Å². The maximum Gasteiger partial charge on any atom is 0.233 e. The van der Waals surface area contributed by atoms with Gasteiger partial charge in [-0.15, -0.1) is 0 Å². The number of hydrogen-bond donors (Lipinski definition) is 3. The normalized spacial score (nSPS) is 9.76. The second-order valence-corrected chi connectivity index (χ2v) is 4.27. The molecule has 0 spiro atoms. The Kier molecular flexibility index (Phi) is 5.65. The fourth-order valence-corrected chi connectivity index (χ4v) is 1.41. The Morgan fingerprint density at radius 3 is 2.41 bits per heavy atom. The lowest BCUT2D eigenvalue weighted by molar-refractivity contribution is -0.120. The number of hydrogen-bond acceptors (Lipinski definition) is 3. The first-order valence-electron chi connectivity index (χ1n) is 5.14. The number of amides is 2. The Hall–Kier alpha value is -1.40. The molecular weight excluding hydrogens is 286 g/mol. The van der Waals surface area contributed by atoms with Crippen LogP contribution in [-0.4, -0.2) is 24.9 Å². The van der Waals surface area contributed by atoms with Crippen LogP contribution >= 0.6 is 15.9 Å². The van der Waals surface area contributed by atoms with Crippen LogP contribution in [-0.2, 0) is 9.59 Å². The van der Waals surface area contributed by atoms with Gasteiger partial charge in [-0.25, -0.2) is 0 Å². The van der Waals surface area contributed by atoms with Crippen molar-refractivity contribution in [3.63, 3.8) is 0 Å². The van der Waals surface area contributed by atoms with Crippen LogP contribution in [0.3, 0.4) is 0 Å². The highest BCUT2D eigenvalue weighted by Gasteiger charge is 2.03. The molecule has 17 heavy (non-hydrogen) atoms. The third-order valence-corrected chi connectivity index (χ3v) is 2.52. The second-order valence-electron chi connectivity index (χ2n) is 3.36. The van der Waals surface area contributed by atoms with Gasteiger partial charge in [0.05, 0.1) is 6.54 Å². The third-order valence-electron chi connectivity index (χ3n) is 1.99. The minimum absolute atomic E-state index is 0.0612. The predicted molar refractivity (Wildman–Crippen MR) is 69.5 cm³/mol. The zero-order valence-corrected chi connectivity index (χ0v) is 10.8. The van der Waals surface area contributed by atoms with Gasteiger partial charge in [0.25, 0.3) is 0 Å². The summed E-state index contributed by atoms with van der Waals surface area (Å²) in [7, 11) is 0. The average Bonchev–Trinajstić information content (AvgIpc) is 2.32. The van der Waals surface area contributed by atoms with E-state index >= 15 is 0 Å². The van der Waals surface area contributed by atoms with Gasteiger partial charge < -0.3 is 16.4 Å². The number of nitrogens with one attached hydrogen (secondary N) is 2. The van der Waals surface area contributed by atoms with Crippen molar-refractivity contribution in [2.24, 2.45) is 5.73 Å². The van der Waals surface area contributed by atoms with Crippen molar-refractivity contribution in [2.75, 3.05) is 18.4 Å². The molecule has 0 atom stereocenters. The molecular formula is C11H14BrN3O2. The summed E-state index contributed by atoms with van der Waals surface area (Å²) in [6.45, 7) is 0.229. The molecule has 0 saturated heterocycles. The van der Waals surface area contributed by atoms with E-state index < -0.39 is 0 Å². The molecule has 0 heterocycles. The third kappa shape index (κ3) is 5.46. The lowest BCUT2D eigenvalue weighted by Gasteiger charge is -2.06. The van der Waals surface area contributed by atoms with E-state index in [2.05, 4.69) is 26.6 Å². The highest BCUT2D eigenvalue weighted by atomic mass is 79.9. The first-order valence-corrected chi connectivity index (χ1v) is 5.93. The molecule has 0 fully saturated rings. The summed E-state index contributed by atoms with van der Waals surface area (Å²) in [4.78, 5) is 22.3. The van der Waals surface area contributed by atoms with Crippen molar-refractivity contribution in [3.8, 4) is 0 Å². The average molecular weight is 300 g/mol. The molecule has 1 aromatic rings. The van der Waals surface area contributed by atoms with E-state index in [0.29, 0.717) is 6.54 Å². The summed E-state index contributed by atoms with van der Waals surface area (Å²) in [6, 6.07) is 7.26. The van der Waals surface area contributed by atoms with Crippen molar-refractivity contribution in [1.82, 2.24) is 5.32 Å².